The van der Waals surface area contributed by atoms with Crippen molar-refractivity contribution in [1.82, 2.24) is 0 Å². The van der Waals surface area contributed by atoms with Gasteiger partial charge in [-0.05, 0) is 12.5 Å². The van der Waals surface area contributed by atoms with Crippen LogP contribution in [0.4, 0.5) is 10.1 Å². The van der Waals surface area contributed by atoms with E-state index in [1.54, 1.807) is 41.3 Å². The molecule has 0 aliphatic carbocycles. The molecule has 3 rings (SSSR count). The summed E-state index contributed by atoms with van der Waals surface area (Å²) in [6.45, 7) is 0.513. The summed E-state index contributed by atoms with van der Waals surface area (Å²) < 4.78 is 15.7. The molecule has 0 fully saturated rings. The van der Waals surface area contributed by atoms with Gasteiger partial charge in [-0.15, -0.1) is 0 Å². The predicted molar refractivity (Wildman–Crippen MR) is 85.5 cm³/mol. The first-order chi connectivity index (χ1) is 10.2. The number of carbonyl (C=O) groups is 1. The van der Waals surface area contributed by atoms with E-state index in [-0.39, 0.29) is 0 Å². The third-order valence-electron chi connectivity index (χ3n) is 3.79. The fourth-order valence-corrected chi connectivity index (χ4v) is 3.05. The van der Waals surface area contributed by atoms with Crippen molar-refractivity contribution in [3.63, 3.8) is 0 Å². The molecule has 1 unspecified atom stereocenters. The zero-order valence-electron chi connectivity index (χ0n) is 11.4. The van der Waals surface area contributed by atoms with E-state index in [2.05, 4.69) is 15.9 Å². The van der Waals surface area contributed by atoms with Crippen LogP contribution in [0.3, 0.4) is 0 Å². The highest BCUT2D eigenvalue weighted by molar-refractivity contribution is 9.09. The fourth-order valence-electron chi connectivity index (χ4n) is 2.80. The lowest BCUT2D eigenvalue weighted by Gasteiger charge is -2.21. The molecule has 2 nitrogen and oxygen atoms in total. The van der Waals surface area contributed by atoms with E-state index in [4.69, 9.17) is 0 Å². The van der Waals surface area contributed by atoms with E-state index in [1.165, 1.54) is 0 Å². The maximum atomic E-state index is 15.7. The molecule has 1 atom stereocenters. The van der Waals surface area contributed by atoms with Gasteiger partial charge >= 0.3 is 0 Å². The molecule has 1 aliphatic rings. The second kappa shape index (κ2) is 5.60. The monoisotopic (exact) mass is 347 g/mol. The average molecular weight is 348 g/mol. The Morgan fingerprint density at radius 1 is 1.05 bits per heavy atom. The van der Waals surface area contributed by atoms with Crippen LogP contribution in [-0.4, -0.2) is 17.8 Å². The van der Waals surface area contributed by atoms with Crippen molar-refractivity contribution in [2.45, 2.75) is 12.1 Å². The molecule has 4 heteroatoms. The van der Waals surface area contributed by atoms with Crippen molar-refractivity contribution in [3.8, 4) is 0 Å². The van der Waals surface area contributed by atoms with Gasteiger partial charge in [-0.3, -0.25) is 4.79 Å². The number of rotatable bonds is 4. The molecule has 0 radical (unpaired) electrons. The third-order valence-corrected chi connectivity index (χ3v) is 4.35. The number of amides is 1. The van der Waals surface area contributed by atoms with E-state index in [1.807, 2.05) is 18.2 Å². The minimum absolute atomic E-state index is 0.392. The molecule has 0 spiro atoms. The molecule has 1 heterocycles. The second-order valence-corrected chi connectivity index (χ2v) is 5.83. The molecule has 0 N–H and O–H groups in total. The van der Waals surface area contributed by atoms with Gasteiger partial charge in [-0.1, -0.05) is 64.5 Å². The third kappa shape index (κ3) is 2.18. The first-order valence-corrected chi connectivity index (χ1v) is 8.03. The average Bonchev–Trinajstić information content (AvgIpc) is 2.76. The van der Waals surface area contributed by atoms with Crippen molar-refractivity contribution in [2.75, 3.05) is 16.8 Å². The van der Waals surface area contributed by atoms with Crippen molar-refractivity contribution < 1.29 is 9.18 Å². The molecule has 0 aromatic heterocycles. The molecule has 0 saturated carbocycles. The summed E-state index contributed by atoms with van der Waals surface area (Å²) in [5, 5.41) is 0.781. The van der Waals surface area contributed by atoms with Crippen molar-refractivity contribution in [1.29, 1.82) is 0 Å². The molecule has 1 aliphatic heterocycles. The second-order valence-electron chi connectivity index (χ2n) is 5.04. The summed E-state index contributed by atoms with van der Waals surface area (Å²) in [4.78, 5) is 14.3. The van der Waals surface area contributed by atoms with Gasteiger partial charge in [-0.2, -0.15) is 0 Å². The first-order valence-electron chi connectivity index (χ1n) is 6.91. The quantitative estimate of drug-likeness (QED) is 0.764. The number of alkyl halides is 2. The molecule has 2 aromatic carbocycles. The summed E-state index contributed by atoms with van der Waals surface area (Å²) >= 11 is 3.36. The molecular weight excluding hydrogens is 333 g/mol. The fraction of sp³-hybridized carbons (Fsp3) is 0.235. The van der Waals surface area contributed by atoms with E-state index < -0.39 is 11.6 Å². The summed E-state index contributed by atoms with van der Waals surface area (Å²) in [6, 6.07) is 15.8. The van der Waals surface area contributed by atoms with Crippen LogP contribution in [0.2, 0.25) is 0 Å². The SMILES string of the molecule is O=C1N(CCCBr)c2ccccc2C1(F)c1ccccc1. The van der Waals surface area contributed by atoms with Crippen LogP contribution < -0.4 is 4.90 Å². The minimum atomic E-state index is -2.08. The summed E-state index contributed by atoms with van der Waals surface area (Å²) in [5.41, 5.74) is -0.571. The summed E-state index contributed by atoms with van der Waals surface area (Å²) in [5.74, 6) is -0.490. The maximum absolute atomic E-state index is 15.7. The number of carbonyl (C=O) groups excluding carboxylic acids is 1. The Hall–Kier alpha value is -1.68. The van der Waals surface area contributed by atoms with Crippen LogP contribution in [-0.2, 0) is 10.5 Å². The number of anilines is 1. The highest BCUT2D eigenvalue weighted by atomic mass is 79.9. The van der Waals surface area contributed by atoms with Crippen LogP contribution in [0.15, 0.2) is 54.6 Å². The van der Waals surface area contributed by atoms with Crippen LogP contribution in [0, 0.1) is 0 Å². The Balaban J connectivity index is 2.12. The predicted octanol–water partition coefficient (Wildman–Crippen LogP) is 4.03. The lowest BCUT2D eigenvalue weighted by Crippen LogP contribution is -2.38. The highest BCUT2D eigenvalue weighted by Crippen LogP contribution is 2.47. The molecule has 21 heavy (non-hydrogen) atoms. The number of para-hydroxylation sites is 1. The van der Waals surface area contributed by atoms with Gasteiger partial charge in [0.2, 0.25) is 5.67 Å². The Morgan fingerprint density at radius 2 is 1.71 bits per heavy atom. The number of nitrogens with zero attached hydrogens (tertiary/aromatic N) is 1. The van der Waals surface area contributed by atoms with Crippen molar-refractivity contribution >= 4 is 27.5 Å². The normalized spacial score (nSPS) is 20.7. The molecule has 108 valence electrons. The molecule has 0 saturated heterocycles. The Kier molecular flexibility index (Phi) is 3.81. The zero-order valence-corrected chi connectivity index (χ0v) is 13.0. The molecule has 1 amide bonds. The molecule has 2 aromatic rings. The van der Waals surface area contributed by atoms with Crippen molar-refractivity contribution in [2.24, 2.45) is 0 Å². The standard InChI is InChI=1S/C17H15BrFNO/c18-11-6-12-20-15-10-5-4-9-14(15)17(19,16(20)21)13-7-2-1-3-8-13/h1-5,7-10H,6,11-12H2. The molecular formula is C17H15BrFNO. The number of fused-ring (bicyclic) bond motifs is 1. The van der Waals surface area contributed by atoms with Gasteiger partial charge in [0, 0.05) is 23.0 Å². The van der Waals surface area contributed by atoms with Crippen LogP contribution in [0.25, 0.3) is 0 Å². The lowest BCUT2D eigenvalue weighted by atomic mass is 9.89. The number of hydrogen-bond acceptors (Lipinski definition) is 1. The van der Waals surface area contributed by atoms with Gasteiger partial charge in [-0.25, -0.2) is 4.39 Å². The first kappa shape index (κ1) is 14.3. The number of halogens is 2. The number of hydrogen-bond donors (Lipinski definition) is 0. The van der Waals surface area contributed by atoms with Gasteiger partial charge < -0.3 is 4.90 Å². The van der Waals surface area contributed by atoms with E-state index >= 15 is 4.39 Å². The van der Waals surface area contributed by atoms with Crippen LogP contribution in [0.1, 0.15) is 17.5 Å². The van der Waals surface area contributed by atoms with Crippen LogP contribution >= 0.6 is 15.9 Å². The van der Waals surface area contributed by atoms with Gasteiger partial charge in [0.1, 0.15) is 0 Å². The van der Waals surface area contributed by atoms with Crippen molar-refractivity contribution in [3.05, 3.63) is 65.7 Å². The van der Waals surface area contributed by atoms with Gasteiger partial charge in [0.15, 0.2) is 0 Å². The topological polar surface area (TPSA) is 20.3 Å². The summed E-state index contributed by atoms with van der Waals surface area (Å²) in [6.07, 6.45) is 0.783. The number of benzene rings is 2. The van der Waals surface area contributed by atoms with Gasteiger partial charge in [0.05, 0.1) is 5.69 Å². The van der Waals surface area contributed by atoms with Gasteiger partial charge in [0.25, 0.3) is 5.91 Å². The Labute approximate surface area is 131 Å². The summed E-state index contributed by atoms with van der Waals surface area (Å²) in [7, 11) is 0. The largest absolute Gasteiger partial charge is 0.309 e. The molecule has 0 bridgehead atoms. The maximum Gasteiger partial charge on any atom is 0.274 e. The van der Waals surface area contributed by atoms with E-state index in [0.717, 1.165) is 11.8 Å². The Morgan fingerprint density at radius 3 is 2.43 bits per heavy atom. The van der Waals surface area contributed by atoms with E-state index in [9.17, 15) is 4.79 Å². The smallest absolute Gasteiger partial charge is 0.274 e. The zero-order chi connectivity index (χ0) is 14.9. The lowest BCUT2D eigenvalue weighted by molar-refractivity contribution is -0.126. The minimum Gasteiger partial charge on any atom is -0.309 e. The Bertz CT molecular complexity index is 661. The van der Waals surface area contributed by atoms with E-state index in [0.29, 0.717) is 23.4 Å². The van der Waals surface area contributed by atoms with Crippen LogP contribution in [0.5, 0.6) is 0 Å². The highest BCUT2D eigenvalue weighted by Gasteiger charge is 2.52.